The zero-order chi connectivity index (χ0) is 13.2. The first-order valence-corrected chi connectivity index (χ1v) is 8.14. The van der Waals surface area contributed by atoms with Crippen LogP contribution in [-0.4, -0.2) is 37.5 Å². The van der Waals surface area contributed by atoms with E-state index in [1.54, 1.807) is 24.3 Å². The summed E-state index contributed by atoms with van der Waals surface area (Å²) >= 11 is 3.29. The maximum absolute atomic E-state index is 12.4. The largest absolute Gasteiger partial charge is 0.396 e. The molecule has 0 aliphatic carbocycles. The highest BCUT2D eigenvalue weighted by atomic mass is 79.9. The molecule has 4 nitrogen and oxygen atoms in total. The molecule has 1 aliphatic rings. The Bertz CT molecular complexity index is 501. The number of nitrogens with zero attached hydrogens (tertiary/aromatic N) is 1. The van der Waals surface area contributed by atoms with Crippen LogP contribution in [0.15, 0.2) is 33.6 Å². The molecule has 0 amide bonds. The first-order valence-electron chi connectivity index (χ1n) is 5.90. The highest BCUT2D eigenvalue weighted by Gasteiger charge is 2.29. The zero-order valence-corrected chi connectivity index (χ0v) is 12.3. The van der Waals surface area contributed by atoms with E-state index >= 15 is 0 Å². The second-order valence-corrected chi connectivity index (χ2v) is 7.36. The summed E-state index contributed by atoms with van der Waals surface area (Å²) in [5.41, 5.74) is 0. The van der Waals surface area contributed by atoms with Gasteiger partial charge in [-0.05, 0) is 43.0 Å². The van der Waals surface area contributed by atoms with E-state index < -0.39 is 10.0 Å². The summed E-state index contributed by atoms with van der Waals surface area (Å²) in [5, 5.41) is 9.15. The molecule has 1 fully saturated rings. The van der Waals surface area contributed by atoms with Crippen LogP contribution in [0.1, 0.15) is 12.8 Å². The lowest BCUT2D eigenvalue weighted by Crippen LogP contribution is -2.40. The maximum atomic E-state index is 12.4. The third kappa shape index (κ3) is 2.93. The minimum Gasteiger partial charge on any atom is -0.396 e. The number of piperidine rings is 1. The molecule has 0 bridgehead atoms. The summed E-state index contributed by atoms with van der Waals surface area (Å²) in [7, 11) is -3.42. The third-order valence-electron chi connectivity index (χ3n) is 3.19. The Morgan fingerprint density at radius 2 is 2.00 bits per heavy atom. The molecule has 1 saturated heterocycles. The van der Waals surface area contributed by atoms with Gasteiger partial charge in [-0.15, -0.1) is 0 Å². The molecule has 100 valence electrons. The predicted octanol–water partition coefficient (Wildman–Crippen LogP) is 1.84. The van der Waals surface area contributed by atoms with Crippen molar-refractivity contribution in [3.05, 3.63) is 28.7 Å². The summed E-state index contributed by atoms with van der Waals surface area (Å²) in [6.45, 7) is 0.996. The zero-order valence-electron chi connectivity index (χ0n) is 9.92. The van der Waals surface area contributed by atoms with Crippen molar-refractivity contribution in [1.29, 1.82) is 0 Å². The van der Waals surface area contributed by atoms with E-state index in [-0.39, 0.29) is 12.5 Å². The molecule has 0 saturated carbocycles. The summed E-state index contributed by atoms with van der Waals surface area (Å²) in [6.07, 6.45) is 1.70. The number of rotatable bonds is 3. The minimum absolute atomic E-state index is 0.0480. The highest BCUT2D eigenvalue weighted by molar-refractivity contribution is 9.10. The van der Waals surface area contributed by atoms with Crippen LogP contribution in [0.2, 0.25) is 0 Å². The van der Waals surface area contributed by atoms with E-state index in [9.17, 15) is 8.42 Å². The second-order valence-electron chi connectivity index (χ2n) is 4.51. The van der Waals surface area contributed by atoms with Crippen molar-refractivity contribution in [2.75, 3.05) is 19.7 Å². The van der Waals surface area contributed by atoms with Crippen LogP contribution < -0.4 is 0 Å². The maximum Gasteiger partial charge on any atom is 0.243 e. The van der Waals surface area contributed by atoms with Crippen LogP contribution in [0.25, 0.3) is 0 Å². The van der Waals surface area contributed by atoms with Gasteiger partial charge in [-0.1, -0.05) is 15.9 Å². The number of hydrogen-bond donors (Lipinski definition) is 1. The van der Waals surface area contributed by atoms with Crippen LogP contribution >= 0.6 is 15.9 Å². The number of benzene rings is 1. The summed E-state index contributed by atoms with van der Waals surface area (Å²) in [5.74, 6) is 0.0592. The number of sulfonamides is 1. The van der Waals surface area contributed by atoms with Gasteiger partial charge in [0, 0.05) is 24.2 Å². The predicted molar refractivity (Wildman–Crippen MR) is 72.7 cm³/mol. The molecule has 0 unspecified atom stereocenters. The molecule has 0 radical (unpaired) electrons. The van der Waals surface area contributed by atoms with E-state index in [0.717, 1.165) is 17.3 Å². The Kier molecular flexibility index (Phi) is 4.42. The first kappa shape index (κ1) is 14.0. The van der Waals surface area contributed by atoms with E-state index in [1.807, 2.05) is 0 Å². The number of aliphatic hydroxyl groups is 1. The van der Waals surface area contributed by atoms with E-state index in [4.69, 9.17) is 5.11 Å². The average Bonchev–Trinajstić information content (AvgIpc) is 2.39. The number of halogens is 1. The molecule has 1 atom stereocenters. The summed E-state index contributed by atoms with van der Waals surface area (Å²) < 4.78 is 27.1. The number of hydrogen-bond acceptors (Lipinski definition) is 3. The van der Waals surface area contributed by atoms with Gasteiger partial charge in [0.05, 0.1) is 4.90 Å². The Balaban J connectivity index is 2.22. The van der Waals surface area contributed by atoms with Gasteiger partial charge in [0.2, 0.25) is 10.0 Å². The monoisotopic (exact) mass is 333 g/mol. The standard InChI is InChI=1S/C12H16BrNO3S/c13-11-3-5-12(6-4-11)18(16,17)14-7-1-2-10(8-14)9-15/h3-6,10,15H,1-2,7-9H2/t10-/m1/s1. The lowest BCUT2D eigenvalue weighted by Gasteiger charge is -2.30. The molecular weight excluding hydrogens is 318 g/mol. The van der Waals surface area contributed by atoms with Gasteiger partial charge in [-0.2, -0.15) is 4.31 Å². The lowest BCUT2D eigenvalue weighted by molar-refractivity contribution is 0.165. The topological polar surface area (TPSA) is 57.6 Å². The molecule has 1 aromatic carbocycles. The summed E-state index contributed by atoms with van der Waals surface area (Å²) in [6, 6.07) is 6.64. The molecular formula is C12H16BrNO3S. The quantitative estimate of drug-likeness (QED) is 0.918. The molecule has 0 aromatic heterocycles. The van der Waals surface area contributed by atoms with E-state index in [0.29, 0.717) is 18.0 Å². The molecule has 1 N–H and O–H groups in total. The average molecular weight is 334 g/mol. The molecule has 6 heteroatoms. The van der Waals surface area contributed by atoms with Crippen molar-refractivity contribution in [2.45, 2.75) is 17.7 Å². The Labute approximate surface area is 116 Å². The fourth-order valence-electron chi connectivity index (χ4n) is 2.15. The van der Waals surface area contributed by atoms with Crippen molar-refractivity contribution in [1.82, 2.24) is 4.31 Å². The fraction of sp³-hybridized carbons (Fsp3) is 0.500. The molecule has 0 spiro atoms. The second kappa shape index (κ2) is 5.69. The van der Waals surface area contributed by atoms with Crippen LogP contribution in [-0.2, 0) is 10.0 Å². The SMILES string of the molecule is O=S(=O)(c1ccc(Br)cc1)N1CCC[C@@H](CO)C1. The van der Waals surface area contributed by atoms with Crippen LogP contribution in [0.4, 0.5) is 0 Å². The van der Waals surface area contributed by atoms with Crippen LogP contribution in [0.3, 0.4) is 0 Å². The van der Waals surface area contributed by atoms with E-state index in [1.165, 1.54) is 4.31 Å². The van der Waals surface area contributed by atoms with E-state index in [2.05, 4.69) is 15.9 Å². The van der Waals surface area contributed by atoms with Crippen molar-refractivity contribution < 1.29 is 13.5 Å². The Hall–Kier alpha value is -0.430. The highest BCUT2D eigenvalue weighted by Crippen LogP contribution is 2.24. The summed E-state index contributed by atoms with van der Waals surface area (Å²) in [4.78, 5) is 0.310. The fourth-order valence-corrected chi connectivity index (χ4v) is 3.97. The van der Waals surface area contributed by atoms with Crippen molar-refractivity contribution in [2.24, 2.45) is 5.92 Å². The Morgan fingerprint density at radius 1 is 1.33 bits per heavy atom. The Morgan fingerprint density at radius 3 is 2.61 bits per heavy atom. The van der Waals surface area contributed by atoms with Gasteiger partial charge in [0.1, 0.15) is 0 Å². The van der Waals surface area contributed by atoms with Gasteiger partial charge >= 0.3 is 0 Å². The minimum atomic E-state index is -3.42. The third-order valence-corrected chi connectivity index (χ3v) is 5.60. The van der Waals surface area contributed by atoms with Gasteiger partial charge in [0.15, 0.2) is 0 Å². The first-order chi connectivity index (χ1) is 8.54. The molecule has 1 aliphatic heterocycles. The van der Waals surface area contributed by atoms with Crippen molar-refractivity contribution in [3.8, 4) is 0 Å². The smallest absolute Gasteiger partial charge is 0.243 e. The molecule has 1 heterocycles. The van der Waals surface area contributed by atoms with Crippen molar-refractivity contribution in [3.63, 3.8) is 0 Å². The molecule has 18 heavy (non-hydrogen) atoms. The van der Waals surface area contributed by atoms with Crippen LogP contribution in [0.5, 0.6) is 0 Å². The van der Waals surface area contributed by atoms with Gasteiger partial charge < -0.3 is 5.11 Å². The van der Waals surface area contributed by atoms with Crippen molar-refractivity contribution >= 4 is 26.0 Å². The van der Waals surface area contributed by atoms with Gasteiger partial charge in [-0.3, -0.25) is 0 Å². The van der Waals surface area contributed by atoms with Gasteiger partial charge in [-0.25, -0.2) is 8.42 Å². The number of aliphatic hydroxyl groups excluding tert-OH is 1. The van der Waals surface area contributed by atoms with Gasteiger partial charge in [0.25, 0.3) is 0 Å². The molecule has 2 rings (SSSR count). The lowest BCUT2D eigenvalue weighted by atomic mass is 10.0. The molecule has 1 aromatic rings. The normalized spacial score (nSPS) is 22.0. The van der Waals surface area contributed by atoms with Crippen LogP contribution in [0, 0.1) is 5.92 Å².